The summed E-state index contributed by atoms with van der Waals surface area (Å²) in [6.07, 6.45) is 2.51. The molecule has 1 N–H and O–H groups in total. The van der Waals surface area contributed by atoms with Crippen molar-refractivity contribution in [3.8, 4) is 0 Å². The van der Waals surface area contributed by atoms with Gasteiger partial charge in [0, 0.05) is 25.2 Å². The average Bonchev–Trinajstić information content (AvgIpc) is 2.39. The summed E-state index contributed by atoms with van der Waals surface area (Å²) in [6, 6.07) is 10.0. The molecule has 0 spiro atoms. The molecule has 19 heavy (non-hydrogen) atoms. The molecule has 0 aliphatic carbocycles. The van der Waals surface area contributed by atoms with Gasteiger partial charge in [-0.15, -0.1) is 0 Å². The number of rotatable bonds is 8. The van der Waals surface area contributed by atoms with Crippen molar-refractivity contribution in [1.29, 1.82) is 0 Å². The Balaban J connectivity index is 2.35. The lowest BCUT2D eigenvalue weighted by Gasteiger charge is -2.26. The highest BCUT2D eigenvalue weighted by Crippen LogP contribution is 2.08. The molecule has 0 aliphatic rings. The Hall–Kier alpha value is -0.860. The van der Waals surface area contributed by atoms with E-state index in [0.29, 0.717) is 12.1 Å². The summed E-state index contributed by atoms with van der Waals surface area (Å²) in [7, 11) is 2.21. The van der Waals surface area contributed by atoms with Gasteiger partial charge < -0.3 is 5.32 Å². The zero-order chi connectivity index (χ0) is 14.3. The average molecular weight is 262 g/mol. The van der Waals surface area contributed by atoms with Crippen LogP contribution in [0.3, 0.4) is 0 Å². The minimum atomic E-state index is 0.556. The van der Waals surface area contributed by atoms with Crippen LogP contribution >= 0.6 is 0 Å². The molecule has 108 valence electrons. The van der Waals surface area contributed by atoms with Gasteiger partial charge in [-0.2, -0.15) is 0 Å². The van der Waals surface area contributed by atoms with E-state index in [0.717, 1.165) is 13.1 Å². The lowest BCUT2D eigenvalue weighted by Crippen LogP contribution is -2.40. The van der Waals surface area contributed by atoms with E-state index in [1.807, 2.05) is 0 Å². The molecule has 0 saturated heterocycles. The molecule has 0 radical (unpaired) electrons. The maximum atomic E-state index is 3.62. The predicted molar refractivity (Wildman–Crippen MR) is 84.5 cm³/mol. The first-order valence-electron chi connectivity index (χ1n) is 7.52. The lowest BCUT2D eigenvalue weighted by molar-refractivity contribution is 0.237. The lowest BCUT2D eigenvalue weighted by atomic mass is 10.1. The van der Waals surface area contributed by atoms with E-state index in [1.165, 1.54) is 24.0 Å². The van der Waals surface area contributed by atoms with E-state index in [9.17, 15) is 0 Å². The first kappa shape index (κ1) is 16.2. The van der Waals surface area contributed by atoms with E-state index in [2.05, 4.69) is 69.2 Å². The van der Waals surface area contributed by atoms with Gasteiger partial charge in [0.1, 0.15) is 0 Å². The molecule has 0 bridgehead atoms. The molecule has 1 rings (SSSR count). The van der Waals surface area contributed by atoms with Crippen molar-refractivity contribution in [1.82, 2.24) is 10.2 Å². The summed E-state index contributed by atoms with van der Waals surface area (Å²) in [6.45, 7) is 11.0. The quantitative estimate of drug-likeness (QED) is 0.770. The van der Waals surface area contributed by atoms with Crippen molar-refractivity contribution in [3.05, 3.63) is 35.4 Å². The van der Waals surface area contributed by atoms with Crippen LogP contribution < -0.4 is 5.32 Å². The van der Waals surface area contributed by atoms with Crippen molar-refractivity contribution in [2.24, 2.45) is 0 Å². The molecular formula is C17H30N2. The monoisotopic (exact) mass is 262 g/mol. The Bertz CT molecular complexity index is 345. The first-order chi connectivity index (χ1) is 9.02. The minimum Gasteiger partial charge on any atom is -0.313 e. The number of hydrogen-bond acceptors (Lipinski definition) is 2. The van der Waals surface area contributed by atoms with Gasteiger partial charge in [0.05, 0.1) is 0 Å². The molecule has 2 nitrogen and oxygen atoms in total. The fraction of sp³-hybridized carbons (Fsp3) is 0.647. The highest BCUT2D eigenvalue weighted by Gasteiger charge is 2.10. The van der Waals surface area contributed by atoms with Crippen LogP contribution in [0, 0.1) is 6.92 Å². The molecule has 0 aliphatic heterocycles. The summed E-state index contributed by atoms with van der Waals surface area (Å²) in [5.74, 6) is 0. The van der Waals surface area contributed by atoms with Crippen molar-refractivity contribution >= 4 is 0 Å². The van der Waals surface area contributed by atoms with Gasteiger partial charge in [-0.25, -0.2) is 0 Å². The van der Waals surface area contributed by atoms with Crippen molar-refractivity contribution < 1.29 is 0 Å². The van der Waals surface area contributed by atoms with E-state index >= 15 is 0 Å². The van der Waals surface area contributed by atoms with Crippen LogP contribution in [0.4, 0.5) is 0 Å². The first-order valence-corrected chi connectivity index (χ1v) is 7.52. The fourth-order valence-corrected chi connectivity index (χ4v) is 2.20. The molecule has 0 saturated carbocycles. The smallest absolute Gasteiger partial charge is 0.0234 e. The number of hydrogen-bond donors (Lipinski definition) is 1. The largest absolute Gasteiger partial charge is 0.313 e. The number of likely N-dealkylation sites (N-methyl/N-ethyl adjacent to an activating group) is 1. The van der Waals surface area contributed by atoms with Crippen molar-refractivity contribution in [3.63, 3.8) is 0 Å². The predicted octanol–water partition coefficient (Wildman–Crippen LogP) is 3.59. The Labute approximate surface area is 119 Å². The highest BCUT2D eigenvalue weighted by atomic mass is 15.1. The van der Waals surface area contributed by atoms with Crippen LogP contribution in [-0.4, -0.2) is 30.6 Å². The molecular weight excluding hydrogens is 232 g/mol. The summed E-state index contributed by atoms with van der Waals surface area (Å²) >= 11 is 0. The Morgan fingerprint density at radius 2 is 1.79 bits per heavy atom. The second-order valence-corrected chi connectivity index (χ2v) is 5.85. The van der Waals surface area contributed by atoms with Crippen LogP contribution in [0.5, 0.6) is 0 Å². The van der Waals surface area contributed by atoms with Gasteiger partial charge in [-0.3, -0.25) is 4.90 Å². The second kappa shape index (κ2) is 8.34. The Morgan fingerprint density at radius 3 is 2.37 bits per heavy atom. The van der Waals surface area contributed by atoms with Gasteiger partial charge in [0.25, 0.3) is 0 Å². The van der Waals surface area contributed by atoms with E-state index in [-0.39, 0.29) is 0 Å². The molecule has 0 heterocycles. The third-order valence-corrected chi connectivity index (χ3v) is 3.79. The van der Waals surface area contributed by atoms with Crippen LogP contribution in [0.1, 0.15) is 44.7 Å². The zero-order valence-corrected chi connectivity index (χ0v) is 13.2. The maximum Gasteiger partial charge on any atom is 0.0234 e. The zero-order valence-electron chi connectivity index (χ0n) is 13.2. The van der Waals surface area contributed by atoms with Gasteiger partial charge in [0.15, 0.2) is 0 Å². The van der Waals surface area contributed by atoms with E-state index in [1.54, 1.807) is 0 Å². The van der Waals surface area contributed by atoms with Gasteiger partial charge in [0.2, 0.25) is 0 Å². The van der Waals surface area contributed by atoms with Gasteiger partial charge in [-0.1, -0.05) is 43.2 Å². The number of aryl methyl sites for hydroxylation is 1. The SMILES string of the molecule is CCCC(C)NCC(C)N(C)Cc1ccc(C)cc1. The van der Waals surface area contributed by atoms with Crippen molar-refractivity contribution in [2.75, 3.05) is 13.6 Å². The number of nitrogens with zero attached hydrogens (tertiary/aromatic N) is 1. The van der Waals surface area contributed by atoms with Crippen LogP contribution in [0.15, 0.2) is 24.3 Å². The van der Waals surface area contributed by atoms with Gasteiger partial charge in [-0.05, 0) is 39.8 Å². The van der Waals surface area contributed by atoms with Crippen LogP contribution in [0.2, 0.25) is 0 Å². The minimum absolute atomic E-state index is 0.556. The Kier molecular flexibility index (Phi) is 7.11. The molecule has 0 amide bonds. The third kappa shape index (κ3) is 6.22. The highest BCUT2D eigenvalue weighted by molar-refractivity contribution is 5.21. The Morgan fingerprint density at radius 1 is 1.16 bits per heavy atom. The van der Waals surface area contributed by atoms with Crippen LogP contribution in [-0.2, 0) is 6.54 Å². The molecule has 0 fully saturated rings. The molecule has 2 heteroatoms. The molecule has 2 unspecified atom stereocenters. The van der Waals surface area contributed by atoms with E-state index < -0.39 is 0 Å². The summed E-state index contributed by atoms with van der Waals surface area (Å²) in [5.41, 5.74) is 2.72. The number of nitrogens with one attached hydrogen (secondary N) is 1. The second-order valence-electron chi connectivity index (χ2n) is 5.85. The summed E-state index contributed by atoms with van der Waals surface area (Å²) in [4.78, 5) is 2.41. The molecule has 0 aromatic heterocycles. The molecule has 1 aromatic rings. The van der Waals surface area contributed by atoms with Crippen molar-refractivity contribution in [2.45, 2.75) is 59.2 Å². The van der Waals surface area contributed by atoms with Gasteiger partial charge >= 0.3 is 0 Å². The summed E-state index contributed by atoms with van der Waals surface area (Å²) in [5, 5.41) is 3.62. The fourth-order valence-electron chi connectivity index (χ4n) is 2.20. The topological polar surface area (TPSA) is 15.3 Å². The maximum absolute atomic E-state index is 3.62. The molecule has 2 atom stereocenters. The normalized spacial score (nSPS) is 14.6. The van der Waals surface area contributed by atoms with E-state index in [4.69, 9.17) is 0 Å². The molecule has 1 aromatic carbocycles. The number of benzene rings is 1. The standard InChI is InChI=1S/C17H30N2/c1-6-7-15(3)18-12-16(4)19(5)13-17-10-8-14(2)9-11-17/h8-11,15-16,18H,6-7,12-13H2,1-5H3. The summed E-state index contributed by atoms with van der Waals surface area (Å²) < 4.78 is 0. The van der Waals surface area contributed by atoms with Crippen LogP contribution in [0.25, 0.3) is 0 Å². The third-order valence-electron chi connectivity index (χ3n) is 3.79.